The number of aromatic nitrogens is 1. The highest BCUT2D eigenvalue weighted by molar-refractivity contribution is 8.00. The van der Waals surface area contributed by atoms with Gasteiger partial charge in [-0.15, -0.1) is 0 Å². The van der Waals surface area contributed by atoms with Gasteiger partial charge in [-0.25, -0.2) is 4.98 Å². The summed E-state index contributed by atoms with van der Waals surface area (Å²) in [5.74, 6) is -0.0639. The lowest BCUT2D eigenvalue weighted by Crippen LogP contribution is -2.22. The van der Waals surface area contributed by atoms with Gasteiger partial charge in [0, 0.05) is 5.69 Å². The number of anilines is 1. The Morgan fingerprint density at radius 2 is 2.00 bits per heavy atom. The number of hydrogen-bond acceptors (Lipinski definition) is 4. The van der Waals surface area contributed by atoms with Crippen LogP contribution in [0.3, 0.4) is 0 Å². The molecule has 1 aromatic heterocycles. The molecule has 0 aliphatic heterocycles. The Labute approximate surface area is 139 Å². The van der Waals surface area contributed by atoms with E-state index in [0.29, 0.717) is 5.22 Å². The summed E-state index contributed by atoms with van der Waals surface area (Å²) in [6, 6.07) is 13.6. The number of aryl methyl sites for hydroxylation is 2. The Morgan fingerprint density at radius 1 is 1.22 bits per heavy atom. The minimum Gasteiger partial charge on any atom is -0.431 e. The molecule has 0 spiro atoms. The van der Waals surface area contributed by atoms with Crippen LogP contribution in [0, 0.1) is 13.8 Å². The van der Waals surface area contributed by atoms with Crippen LogP contribution < -0.4 is 5.32 Å². The molecule has 1 unspecified atom stereocenters. The number of nitrogens with zero attached hydrogens (tertiary/aromatic N) is 1. The van der Waals surface area contributed by atoms with Gasteiger partial charge in [0.2, 0.25) is 5.91 Å². The summed E-state index contributed by atoms with van der Waals surface area (Å²) in [6.07, 6.45) is 0. The number of carbonyl (C=O) groups excluding carboxylic acids is 1. The zero-order valence-electron chi connectivity index (χ0n) is 13.3. The Kier molecular flexibility index (Phi) is 4.39. The van der Waals surface area contributed by atoms with Gasteiger partial charge in [0.15, 0.2) is 5.58 Å². The molecule has 0 bridgehead atoms. The van der Waals surface area contributed by atoms with Crippen molar-refractivity contribution in [3.05, 3.63) is 53.6 Å². The largest absolute Gasteiger partial charge is 0.431 e. The number of oxazole rings is 1. The highest BCUT2D eigenvalue weighted by Gasteiger charge is 2.18. The zero-order chi connectivity index (χ0) is 16.4. The van der Waals surface area contributed by atoms with Gasteiger partial charge in [-0.1, -0.05) is 36.0 Å². The van der Waals surface area contributed by atoms with Crippen LogP contribution in [0.4, 0.5) is 5.69 Å². The van der Waals surface area contributed by atoms with Gasteiger partial charge in [0.05, 0.1) is 5.25 Å². The van der Waals surface area contributed by atoms with E-state index in [1.165, 1.54) is 11.8 Å². The predicted octanol–water partition coefficient (Wildman–Crippen LogP) is 4.56. The Morgan fingerprint density at radius 3 is 2.78 bits per heavy atom. The van der Waals surface area contributed by atoms with Crippen molar-refractivity contribution >= 4 is 34.5 Å². The summed E-state index contributed by atoms with van der Waals surface area (Å²) in [4.78, 5) is 16.8. The van der Waals surface area contributed by atoms with Crippen molar-refractivity contribution in [2.24, 2.45) is 0 Å². The second-order valence-corrected chi connectivity index (χ2v) is 6.81. The number of hydrogen-bond donors (Lipinski definition) is 1. The summed E-state index contributed by atoms with van der Waals surface area (Å²) >= 11 is 1.32. The van der Waals surface area contributed by atoms with Gasteiger partial charge < -0.3 is 9.73 Å². The van der Waals surface area contributed by atoms with Gasteiger partial charge in [-0.3, -0.25) is 4.79 Å². The third kappa shape index (κ3) is 3.56. The standard InChI is InChI=1S/C18H18N2O2S/c1-11-8-9-12(2)15(10-11)19-17(21)13(3)23-18-20-14-6-4-5-7-16(14)22-18/h4-10,13H,1-3H3,(H,19,21). The van der Waals surface area contributed by atoms with Gasteiger partial charge in [0.1, 0.15) is 5.52 Å². The molecule has 5 heteroatoms. The first-order chi connectivity index (χ1) is 11.0. The minimum atomic E-state index is -0.303. The highest BCUT2D eigenvalue weighted by atomic mass is 32.2. The van der Waals surface area contributed by atoms with Crippen LogP contribution in [0.15, 0.2) is 52.1 Å². The molecular weight excluding hydrogens is 308 g/mol. The van der Waals surface area contributed by atoms with Crippen molar-refractivity contribution < 1.29 is 9.21 Å². The van der Waals surface area contributed by atoms with E-state index in [-0.39, 0.29) is 11.2 Å². The molecule has 118 valence electrons. The van der Waals surface area contributed by atoms with Crippen LogP contribution >= 0.6 is 11.8 Å². The Bertz CT molecular complexity index is 824. The second-order valence-electron chi connectivity index (χ2n) is 5.52. The Hall–Kier alpha value is -2.27. The maximum Gasteiger partial charge on any atom is 0.257 e. The molecule has 3 rings (SSSR count). The number of fused-ring (bicyclic) bond motifs is 1. The summed E-state index contributed by atoms with van der Waals surface area (Å²) in [5, 5.41) is 3.18. The number of rotatable bonds is 4. The SMILES string of the molecule is Cc1ccc(C)c(NC(=O)C(C)Sc2nc3ccccc3o2)c1. The van der Waals surface area contributed by atoms with Crippen molar-refractivity contribution in [3.63, 3.8) is 0 Å². The lowest BCUT2D eigenvalue weighted by Gasteiger charge is -2.12. The van der Waals surface area contributed by atoms with Crippen LogP contribution in [0.5, 0.6) is 0 Å². The molecule has 1 heterocycles. The summed E-state index contributed by atoms with van der Waals surface area (Å²) in [7, 11) is 0. The third-order valence-electron chi connectivity index (χ3n) is 3.57. The molecule has 0 aliphatic carbocycles. The number of thioether (sulfide) groups is 1. The molecule has 0 saturated heterocycles. The van der Waals surface area contributed by atoms with Gasteiger partial charge in [0.25, 0.3) is 5.22 Å². The van der Waals surface area contributed by atoms with Gasteiger partial charge in [-0.2, -0.15) is 0 Å². The first kappa shape index (κ1) is 15.6. The van der Waals surface area contributed by atoms with Crippen molar-refractivity contribution in [3.8, 4) is 0 Å². The zero-order valence-corrected chi connectivity index (χ0v) is 14.1. The average Bonchev–Trinajstić information content (AvgIpc) is 2.93. The number of benzene rings is 2. The van der Waals surface area contributed by atoms with Gasteiger partial charge >= 0.3 is 0 Å². The van der Waals surface area contributed by atoms with E-state index >= 15 is 0 Å². The summed E-state index contributed by atoms with van der Waals surface area (Å²) in [6.45, 7) is 5.83. The Balaban J connectivity index is 1.71. The van der Waals surface area contributed by atoms with E-state index in [1.54, 1.807) is 0 Å². The predicted molar refractivity (Wildman–Crippen MR) is 93.9 cm³/mol. The number of para-hydroxylation sites is 2. The fourth-order valence-electron chi connectivity index (χ4n) is 2.21. The van der Waals surface area contributed by atoms with Crippen LogP contribution in [-0.2, 0) is 4.79 Å². The van der Waals surface area contributed by atoms with E-state index in [4.69, 9.17) is 4.42 Å². The molecular formula is C18H18N2O2S. The maximum atomic E-state index is 12.4. The lowest BCUT2D eigenvalue weighted by atomic mass is 10.1. The summed E-state index contributed by atoms with van der Waals surface area (Å²) < 4.78 is 5.65. The lowest BCUT2D eigenvalue weighted by molar-refractivity contribution is -0.115. The topological polar surface area (TPSA) is 55.1 Å². The summed E-state index contributed by atoms with van der Waals surface area (Å²) in [5.41, 5.74) is 4.54. The van der Waals surface area contributed by atoms with Crippen molar-refractivity contribution in [2.75, 3.05) is 5.32 Å². The minimum absolute atomic E-state index is 0.0639. The molecule has 0 aliphatic rings. The molecule has 0 radical (unpaired) electrons. The van der Waals surface area contributed by atoms with Crippen molar-refractivity contribution in [2.45, 2.75) is 31.2 Å². The van der Waals surface area contributed by atoms with Crippen LogP contribution in [0.1, 0.15) is 18.1 Å². The van der Waals surface area contributed by atoms with E-state index in [1.807, 2.05) is 63.2 Å². The molecule has 1 atom stereocenters. The molecule has 4 nitrogen and oxygen atoms in total. The maximum absolute atomic E-state index is 12.4. The van der Waals surface area contributed by atoms with Crippen LogP contribution in [0.25, 0.3) is 11.1 Å². The molecule has 1 amide bonds. The fraction of sp³-hybridized carbons (Fsp3) is 0.222. The number of carbonyl (C=O) groups is 1. The first-order valence-corrected chi connectivity index (χ1v) is 8.31. The molecule has 0 fully saturated rings. The molecule has 0 saturated carbocycles. The normalized spacial score (nSPS) is 12.3. The second kappa shape index (κ2) is 6.46. The molecule has 1 N–H and O–H groups in total. The number of nitrogens with one attached hydrogen (secondary N) is 1. The van der Waals surface area contributed by atoms with E-state index in [2.05, 4.69) is 10.3 Å². The quantitative estimate of drug-likeness (QED) is 0.714. The average molecular weight is 326 g/mol. The monoisotopic (exact) mass is 326 g/mol. The fourth-order valence-corrected chi connectivity index (χ4v) is 2.97. The first-order valence-electron chi connectivity index (χ1n) is 7.43. The van der Waals surface area contributed by atoms with Gasteiger partial charge in [-0.05, 0) is 50.1 Å². The molecule has 23 heavy (non-hydrogen) atoms. The smallest absolute Gasteiger partial charge is 0.257 e. The van der Waals surface area contributed by atoms with E-state index < -0.39 is 0 Å². The van der Waals surface area contributed by atoms with Crippen molar-refractivity contribution in [1.29, 1.82) is 0 Å². The van der Waals surface area contributed by atoms with Crippen LogP contribution in [-0.4, -0.2) is 16.1 Å². The highest BCUT2D eigenvalue weighted by Crippen LogP contribution is 2.27. The van der Waals surface area contributed by atoms with E-state index in [9.17, 15) is 4.79 Å². The van der Waals surface area contributed by atoms with Crippen LogP contribution in [0.2, 0.25) is 0 Å². The van der Waals surface area contributed by atoms with Crippen molar-refractivity contribution in [1.82, 2.24) is 4.98 Å². The molecule has 3 aromatic rings. The third-order valence-corrected chi connectivity index (χ3v) is 4.52. The molecule has 2 aromatic carbocycles. The van der Waals surface area contributed by atoms with E-state index in [0.717, 1.165) is 27.9 Å². The number of amides is 1.